The summed E-state index contributed by atoms with van der Waals surface area (Å²) in [6.07, 6.45) is 0. The van der Waals surface area contributed by atoms with Crippen molar-refractivity contribution in [3.05, 3.63) is 52.1 Å². The lowest BCUT2D eigenvalue weighted by Gasteiger charge is -2.10. The minimum absolute atomic E-state index is 0.0691. The Morgan fingerprint density at radius 1 is 1.26 bits per heavy atom. The van der Waals surface area contributed by atoms with Crippen LogP contribution in [0.5, 0.6) is 11.6 Å². The summed E-state index contributed by atoms with van der Waals surface area (Å²) in [6.45, 7) is 0.256. The van der Waals surface area contributed by atoms with E-state index in [2.05, 4.69) is 20.9 Å². The number of nitrogens with zero attached hydrogens (tertiary/aromatic N) is 1. The van der Waals surface area contributed by atoms with E-state index in [9.17, 15) is 5.11 Å². The average molecular weight is 324 g/mol. The average Bonchev–Trinajstić information content (AvgIpc) is 2.46. The third kappa shape index (κ3) is 3.68. The highest BCUT2D eigenvalue weighted by Crippen LogP contribution is 2.24. The van der Waals surface area contributed by atoms with Crippen LogP contribution in [0.15, 0.2) is 40.9 Å². The topological polar surface area (TPSA) is 51.6 Å². The maximum Gasteiger partial charge on any atom is 0.213 e. The lowest BCUT2D eigenvalue weighted by atomic mass is 10.2. The zero-order chi connectivity index (χ0) is 13.7. The Morgan fingerprint density at radius 3 is 2.84 bits per heavy atom. The molecule has 4 nitrogen and oxygen atoms in total. The normalized spacial score (nSPS) is 10.3. The highest BCUT2D eigenvalue weighted by Gasteiger charge is 2.05. The first-order chi connectivity index (χ1) is 9.22. The molecular formula is C14H14BrNO3. The van der Waals surface area contributed by atoms with Crippen LogP contribution in [0.1, 0.15) is 11.3 Å². The molecule has 0 spiro atoms. The van der Waals surface area contributed by atoms with Crippen LogP contribution in [-0.4, -0.2) is 17.2 Å². The molecule has 1 aromatic heterocycles. The van der Waals surface area contributed by atoms with Crippen molar-refractivity contribution in [3.8, 4) is 11.6 Å². The number of methoxy groups -OCH3 is 1. The second kappa shape index (κ2) is 6.54. The molecule has 0 aliphatic rings. The fourth-order valence-corrected chi connectivity index (χ4v) is 2.02. The van der Waals surface area contributed by atoms with Crippen molar-refractivity contribution in [1.29, 1.82) is 0 Å². The number of aliphatic hydroxyl groups is 1. The molecule has 0 radical (unpaired) electrons. The first kappa shape index (κ1) is 13.8. The van der Waals surface area contributed by atoms with Gasteiger partial charge < -0.3 is 14.6 Å². The van der Waals surface area contributed by atoms with E-state index in [-0.39, 0.29) is 6.61 Å². The number of hydrogen-bond acceptors (Lipinski definition) is 4. The fourth-order valence-electron chi connectivity index (χ4n) is 1.62. The lowest BCUT2D eigenvalue weighted by Crippen LogP contribution is -2.01. The molecule has 0 saturated heterocycles. The van der Waals surface area contributed by atoms with Gasteiger partial charge in [-0.05, 0) is 24.3 Å². The Balaban J connectivity index is 2.09. The third-order valence-corrected chi connectivity index (χ3v) is 3.05. The van der Waals surface area contributed by atoms with E-state index in [1.54, 1.807) is 13.2 Å². The van der Waals surface area contributed by atoms with Crippen molar-refractivity contribution >= 4 is 15.9 Å². The van der Waals surface area contributed by atoms with E-state index >= 15 is 0 Å². The number of aliphatic hydroxyl groups excluding tert-OH is 1. The monoisotopic (exact) mass is 323 g/mol. The number of aromatic nitrogens is 1. The van der Waals surface area contributed by atoms with Crippen LogP contribution in [0.4, 0.5) is 0 Å². The molecule has 0 fully saturated rings. The van der Waals surface area contributed by atoms with Gasteiger partial charge in [0.25, 0.3) is 0 Å². The van der Waals surface area contributed by atoms with Crippen molar-refractivity contribution in [2.75, 3.05) is 7.11 Å². The second-order valence-electron chi connectivity index (χ2n) is 3.87. The van der Waals surface area contributed by atoms with Crippen molar-refractivity contribution in [2.45, 2.75) is 13.2 Å². The van der Waals surface area contributed by atoms with E-state index in [1.165, 1.54) is 0 Å². The molecule has 0 aliphatic heterocycles. The Morgan fingerprint density at radius 2 is 2.11 bits per heavy atom. The predicted molar refractivity (Wildman–Crippen MR) is 75.2 cm³/mol. The van der Waals surface area contributed by atoms with Crippen LogP contribution < -0.4 is 9.47 Å². The maximum absolute atomic E-state index is 9.29. The molecule has 2 rings (SSSR count). The highest BCUT2D eigenvalue weighted by molar-refractivity contribution is 9.10. The van der Waals surface area contributed by atoms with Gasteiger partial charge in [-0.1, -0.05) is 22.0 Å². The van der Waals surface area contributed by atoms with Crippen LogP contribution in [-0.2, 0) is 13.2 Å². The predicted octanol–water partition coefficient (Wildman–Crippen LogP) is 2.92. The number of pyridine rings is 1. The highest BCUT2D eigenvalue weighted by atomic mass is 79.9. The zero-order valence-electron chi connectivity index (χ0n) is 10.5. The standard InChI is InChI=1S/C14H14BrNO3/c1-18-14-4-2-3-12(16-14)9-19-13-6-5-11(15)7-10(13)8-17/h2-7,17H,8-9H2,1H3. The molecule has 2 aromatic rings. The molecule has 0 bridgehead atoms. The summed E-state index contributed by atoms with van der Waals surface area (Å²) < 4.78 is 11.6. The minimum atomic E-state index is -0.0691. The largest absolute Gasteiger partial charge is 0.487 e. The van der Waals surface area contributed by atoms with Gasteiger partial charge in [0.2, 0.25) is 5.88 Å². The van der Waals surface area contributed by atoms with Crippen LogP contribution in [0, 0.1) is 0 Å². The number of benzene rings is 1. The van der Waals surface area contributed by atoms with Crippen molar-refractivity contribution in [1.82, 2.24) is 4.98 Å². The van der Waals surface area contributed by atoms with Gasteiger partial charge in [0, 0.05) is 16.1 Å². The fraction of sp³-hybridized carbons (Fsp3) is 0.214. The Labute approximate surface area is 120 Å². The third-order valence-electron chi connectivity index (χ3n) is 2.56. The summed E-state index contributed by atoms with van der Waals surface area (Å²) in [5.41, 5.74) is 1.50. The van der Waals surface area contributed by atoms with Crippen molar-refractivity contribution in [2.24, 2.45) is 0 Å². The van der Waals surface area contributed by atoms with Crippen LogP contribution in [0.3, 0.4) is 0 Å². The Hall–Kier alpha value is -1.59. The number of ether oxygens (including phenoxy) is 2. The summed E-state index contributed by atoms with van der Waals surface area (Å²) >= 11 is 3.36. The summed E-state index contributed by atoms with van der Waals surface area (Å²) in [5.74, 6) is 1.20. The Bertz CT molecular complexity index is 560. The summed E-state index contributed by atoms with van der Waals surface area (Å²) in [4.78, 5) is 4.26. The van der Waals surface area contributed by atoms with E-state index in [1.807, 2.05) is 30.3 Å². The van der Waals surface area contributed by atoms with E-state index in [0.29, 0.717) is 18.2 Å². The first-order valence-electron chi connectivity index (χ1n) is 5.75. The summed E-state index contributed by atoms with van der Waals surface area (Å²) in [6, 6.07) is 11.0. The van der Waals surface area contributed by atoms with Crippen LogP contribution >= 0.6 is 15.9 Å². The van der Waals surface area contributed by atoms with E-state index < -0.39 is 0 Å². The summed E-state index contributed by atoms with van der Waals surface area (Å²) in [5, 5.41) is 9.29. The molecule has 5 heteroatoms. The lowest BCUT2D eigenvalue weighted by molar-refractivity contribution is 0.256. The van der Waals surface area contributed by atoms with Gasteiger partial charge in [-0.2, -0.15) is 0 Å². The molecule has 0 unspecified atom stereocenters. The molecule has 100 valence electrons. The number of halogens is 1. The molecule has 1 N–H and O–H groups in total. The maximum atomic E-state index is 9.29. The first-order valence-corrected chi connectivity index (χ1v) is 6.54. The van der Waals surface area contributed by atoms with E-state index in [4.69, 9.17) is 9.47 Å². The minimum Gasteiger partial charge on any atom is -0.487 e. The zero-order valence-corrected chi connectivity index (χ0v) is 12.1. The molecule has 0 aliphatic carbocycles. The molecule has 0 saturated carbocycles. The quantitative estimate of drug-likeness (QED) is 0.919. The number of hydrogen-bond donors (Lipinski definition) is 1. The molecule has 0 amide bonds. The SMILES string of the molecule is COc1cccc(COc2ccc(Br)cc2CO)n1. The summed E-state index contributed by atoms with van der Waals surface area (Å²) in [7, 11) is 1.57. The van der Waals surface area contributed by atoms with Crippen molar-refractivity contribution in [3.63, 3.8) is 0 Å². The molecule has 0 atom stereocenters. The van der Waals surface area contributed by atoms with Crippen LogP contribution in [0.2, 0.25) is 0 Å². The van der Waals surface area contributed by atoms with Gasteiger partial charge in [0.1, 0.15) is 12.4 Å². The van der Waals surface area contributed by atoms with Gasteiger partial charge in [-0.15, -0.1) is 0 Å². The van der Waals surface area contributed by atoms with Gasteiger partial charge in [0.15, 0.2) is 0 Å². The Kier molecular flexibility index (Phi) is 4.76. The van der Waals surface area contributed by atoms with Crippen LogP contribution in [0.25, 0.3) is 0 Å². The van der Waals surface area contributed by atoms with Gasteiger partial charge in [0.05, 0.1) is 19.4 Å². The van der Waals surface area contributed by atoms with Gasteiger partial charge in [-0.3, -0.25) is 0 Å². The second-order valence-corrected chi connectivity index (χ2v) is 4.79. The smallest absolute Gasteiger partial charge is 0.213 e. The van der Waals surface area contributed by atoms with E-state index in [0.717, 1.165) is 15.7 Å². The molecular weight excluding hydrogens is 310 g/mol. The van der Waals surface area contributed by atoms with Gasteiger partial charge >= 0.3 is 0 Å². The van der Waals surface area contributed by atoms with Crippen molar-refractivity contribution < 1.29 is 14.6 Å². The van der Waals surface area contributed by atoms with Gasteiger partial charge in [-0.25, -0.2) is 4.98 Å². The molecule has 1 aromatic carbocycles. The molecule has 19 heavy (non-hydrogen) atoms. The number of rotatable bonds is 5. The molecule has 1 heterocycles.